The molecule has 0 unspecified atom stereocenters. The number of alkyl halides is 3. The van der Waals surface area contributed by atoms with E-state index in [-0.39, 0.29) is 42.2 Å². The molecular formula is C18H22F3IN4O2. The van der Waals surface area contributed by atoms with Crippen molar-refractivity contribution in [2.75, 3.05) is 6.61 Å². The molecule has 0 radical (unpaired) electrons. The fourth-order valence-corrected chi connectivity index (χ4v) is 2.10. The van der Waals surface area contributed by atoms with Crippen LogP contribution in [-0.4, -0.2) is 23.9 Å². The van der Waals surface area contributed by atoms with Crippen molar-refractivity contribution in [2.24, 2.45) is 10.7 Å². The van der Waals surface area contributed by atoms with Gasteiger partial charge in [-0.2, -0.15) is 0 Å². The first-order chi connectivity index (χ1) is 12.9. The Hall–Kier alpha value is -2.24. The van der Waals surface area contributed by atoms with Crippen molar-refractivity contribution in [2.45, 2.75) is 32.8 Å². The highest BCUT2D eigenvalue weighted by atomic mass is 127. The maximum absolute atomic E-state index is 12.1. The van der Waals surface area contributed by atoms with Gasteiger partial charge in [-0.15, -0.1) is 37.1 Å². The number of ether oxygens (including phenoxy) is 2. The quantitative estimate of drug-likeness (QED) is 0.319. The molecule has 1 aromatic carbocycles. The first-order valence-corrected chi connectivity index (χ1v) is 8.32. The van der Waals surface area contributed by atoms with Crippen LogP contribution in [-0.2, 0) is 13.1 Å². The van der Waals surface area contributed by atoms with Crippen LogP contribution >= 0.6 is 24.0 Å². The first kappa shape index (κ1) is 23.8. The number of hydrogen-bond acceptors (Lipinski definition) is 4. The Morgan fingerprint density at radius 3 is 2.57 bits per heavy atom. The van der Waals surface area contributed by atoms with Crippen LogP contribution in [0.2, 0.25) is 0 Å². The van der Waals surface area contributed by atoms with E-state index in [2.05, 4.69) is 20.0 Å². The molecule has 2 rings (SSSR count). The average molecular weight is 510 g/mol. The lowest BCUT2D eigenvalue weighted by Crippen LogP contribution is -2.31. The minimum absolute atomic E-state index is 0. The molecule has 0 saturated heterocycles. The van der Waals surface area contributed by atoms with Gasteiger partial charge < -0.3 is 20.5 Å². The molecule has 0 bridgehead atoms. The summed E-state index contributed by atoms with van der Waals surface area (Å²) >= 11 is 0. The number of nitrogens with one attached hydrogen (secondary N) is 1. The van der Waals surface area contributed by atoms with E-state index in [0.29, 0.717) is 24.6 Å². The average Bonchev–Trinajstić information content (AvgIpc) is 2.63. The van der Waals surface area contributed by atoms with Crippen LogP contribution < -0.4 is 20.5 Å². The van der Waals surface area contributed by atoms with Gasteiger partial charge in [-0.3, -0.25) is 0 Å². The number of aliphatic imine (C=N–C) groups is 1. The second-order valence-electron chi connectivity index (χ2n) is 5.56. The fourth-order valence-electron chi connectivity index (χ4n) is 2.10. The summed E-state index contributed by atoms with van der Waals surface area (Å²) < 4.78 is 45.8. The molecular weight excluding hydrogens is 488 g/mol. The van der Waals surface area contributed by atoms with Gasteiger partial charge in [0.05, 0.1) is 13.2 Å². The van der Waals surface area contributed by atoms with E-state index in [9.17, 15) is 13.2 Å². The van der Waals surface area contributed by atoms with Crippen molar-refractivity contribution in [3.05, 3.63) is 53.7 Å². The zero-order valence-electron chi connectivity index (χ0n) is 15.2. The van der Waals surface area contributed by atoms with Gasteiger partial charge in [0.2, 0.25) is 5.88 Å². The minimum Gasteiger partial charge on any atom is -0.477 e. The molecule has 154 valence electrons. The third-order valence-electron chi connectivity index (χ3n) is 3.34. The van der Waals surface area contributed by atoms with Gasteiger partial charge in [0.1, 0.15) is 5.75 Å². The van der Waals surface area contributed by atoms with E-state index in [4.69, 9.17) is 10.5 Å². The van der Waals surface area contributed by atoms with Crippen molar-refractivity contribution in [1.29, 1.82) is 0 Å². The van der Waals surface area contributed by atoms with Crippen LogP contribution in [0.25, 0.3) is 0 Å². The molecule has 0 aliphatic carbocycles. The van der Waals surface area contributed by atoms with Gasteiger partial charge in [-0.1, -0.05) is 25.1 Å². The van der Waals surface area contributed by atoms with Crippen LogP contribution in [0.4, 0.5) is 13.2 Å². The number of halogens is 4. The molecule has 0 aliphatic rings. The van der Waals surface area contributed by atoms with Gasteiger partial charge in [-0.25, -0.2) is 9.98 Å². The molecule has 0 aliphatic heterocycles. The Labute approximate surface area is 178 Å². The maximum Gasteiger partial charge on any atom is 0.573 e. The maximum atomic E-state index is 12.1. The van der Waals surface area contributed by atoms with Gasteiger partial charge >= 0.3 is 6.36 Å². The third-order valence-corrected chi connectivity index (χ3v) is 3.34. The molecule has 1 heterocycles. The van der Waals surface area contributed by atoms with Crippen molar-refractivity contribution in [3.63, 3.8) is 0 Å². The lowest BCUT2D eigenvalue weighted by molar-refractivity contribution is -0.274. The van der Waals surface area contributed by atoms with Crippen LogP contribution in [0, 0.1) is 0 Å². The Bertz CT molecular complexity index is 755. The van der Waals surface area contributed by atoms with Gasteiger partial charge in [0.25, 0.3) is 0 Å². The number of aromatic nitrogens is 1. The summed E-state index contributed by atoms with van der Waals surface area (Å²) in [4.78, 5) is 8.35. The summed E-state index contributed by atoms with van der Waals surface area (Å²) in [7, 11) is 0. The van der Waals surface area contributed by atoms with E-state index in [1.54, 1.807) is 12.3 Å². The number of guanidine groups is 1. The second-order valence-corrected chi connectivity index (χ2v) is 5.56. The molecule has 0 fully saturated rings. The number of pyridine rings is 1. The molecule has 2 aromatic rings. The van der Waals surface area contributed by atoms with Crippen LogP contribution in [0.3, 0.4) is 0 Å². The van der Waals surface area contributed by atoms with E-state index < -0.39 is 6.36 Å². The van der Waals surface area contributed by atoms with Crippen LogP contribution in [0.5, 0.6) is 11.6 Å². The molecule has 1 aromatic heterocycles. The smallest absolute Gasteiger partial charge is 0.477 e. The summed E-state index contributed by atoms with van der Waals surface area (Å²) in [6.07, 6.45) is -2.18. The standard InChI is InChI=1S/C18H21F3N4O2.HI/c1-2-10-26-16-14(4-3-9-23-16)12-25-17(22)24-11-13-5-7-15(8-6-13)27-18(19,20)21;/h3-9H,2,10-12H2,1H3,(H3,22,24,25);1H. The van der Waals surface area contributed by atoms with E-state index in [1.807, 2.05) is 13.0 Å². The summed E-state index contributed by atoms with van der Waals surface area (Å²) in [6, 6.07) is 9.13. The molecule has 0 amide bonds. The van der Waals surface area contributed by atoms with Crippen molar-refractivity contribution >= 4 is 29.9 Å². The predicted molar refractivity (Wildman–Crippen MR) is 111 cm³/mol. The number of nitrogens with zero attached hydrogens (tertiary/aromatic N) is 2. The van der Waals surface area contributed by atoms with E-state index in [0.717, 1.165) is 12.0 Å². The second kappa shape index (κ2) is 11.6. The van der Waals surface area contributed by atoms with E-state index in [1.165, 1.54) is 24.3 Å². The monoisotopic (exact) mass is 510 g/mol. The van der Waals surface area contributed by atoms with Crippen molar-refractivity contribution < 1.29 is 22.6 Å². The van der Waals surface area contributed by atoms with Gasteiger partial charge in [-0.05, 0) is 30.2 Å². The number of rotatable bonds is 8. The number of benzene rings is 1. The Kier molecular flexibility index (Phi) is 9.83. The van der Waals surface area contributed by atoms with E-state index >= 15 is 0 Å². The Balaban J connectivity index is 0.00000392. The molecule has 0 saturated carbocycles. The Morgan fingerprint density at radius 2 is 1.93 bits per heavy atom. The summed E-state index contributed by atoms with van der Waals surface area (Å²) in [5, 5.41) is 2.96. The number of hydrogen-bond donors (Lipinski definition) is 2. The zero-order chi connectivity index (χ0) is 19.7. The lowest BCUT2D eigenvalue weighted by atomic mass is 10.2. The first-order valence-electron chi connectivity index (χ1n) is 8.32. The molecule has 10 heteroatoms. The highest BCUT2D eigenvalue weighted by molar-refractivity contribution is 14.0. The largest absolute Gasteiger partial charge is 0.573 e. The lowest BCUT2D eigenvalue weighted by Gasteiger charge is -2.11. The molecule has 6 nitrogen and oxygen atoms in total. The Morgan fingerprint density at radius 1 is 1.21 bits per heavy atom. The number of nitrogens with two attached hydrogens (primary N) is 1. The predicted octanol–water partition coefficient (Wildman–Crippen LogP) is 3.99. The van der Waals surface area contributed by atoms with Crippen LogP contribution in [0.1, 0.15) is 24.5 Å². The highest BCUT2D eigenvalue weighted by Gasteiger charge is 2.30. The zero-order valence-corrected chi connectivity index (χ0v) is 17.5. The summed E-state index contributed by atoms with van der Waals surface area (Å²) in [5.74, 6) is 0.466. The molecule has 0 atom stereocenters. The molecule has 0 spiro atoms. The van der Waals surface area contributed by atoms with Crippen LogP contribution in [0.15, 0.2) is 47.6 Å². The summed E-state index contributed by atoms with van der Waals surface area (Å²) in [5.41, 5.74) is 7.38. The summed E-state index contributed by atoms with van der Waals surface area (Å²) in [6.45, 7) is 3.19. The fraction of sp³-hybridized carbons (Fsp3) is 0.333. The van der Waals surface area contributed by atoms with Crippen molar-refractivity contribution in [1.82, 2.24) is 10.3 Å². The SMILES string of the molecule is CCCOc1ncccc1CNC(N)=NCc1ccc(OC(F)(F)F)cc1.I. The van der Waals surface area contributed by atoms with Gasteiger partial charge in [0, 0.05) is 18.3 Å². The molecule has 28 heavy (non-hydrogen) atoms. The topological polar surface area (TPSA) is 81.8 Å². The van der Waals surface area contributed by atoms with Crippen molar-refractivity contribution in [3.8, 4) is 11.6 Å². The third kappa shape index (κ3) is 8.63. The minimum atomic E-state index is -4.71. The normalized spacial score (nSPS) is 11.5. The van der Waals surface area contributed by atoms with Gasteiger partial charge in [0.15, 0.2) is 5.96 Å². The molecule has 3 N–H and O–H groups in total. The highest BCUT2D eigenvalue weighted by Crippen LogP contribution is 2.22.